The molecule has 1 atom stereocenters. The second-order valence-electron chi connectivity index (χ2n) is 6.07. The van der Waals surface area contributed by atoms with Crippen LogP contribution in [0.3, 0.4) is 0 Å². The topological polar surface area (TPSA) is 84.1 Å². The zero-order chi connectivity index (χ0) is 18.8. The van der Waals surface area contributed by atoms with Crippen LogP contribution in [0.4, 0.5) is 5.82 Å². The summed E-state index contributed by atoms with van der Waals surface area (Å²) in [5, 5.41) is 3.67. The Labute approximate surface area is 156 Å². The molecule has 2 N–H and O–H groups in total. The molecule has 0 bridgehead atoms. The van der Waals surface area contributed by atoms with Gasteiger partial charge in [-0.2, -0.15) is 0 Å². The van der Waals surface area contributed by atoms with Crippen molar-refractivity contribution in [1.82, 2.24) is 9.97 Å². The molecule has 1 unspecified atom stereocenters. The third-order valence-electron chi connectivity index (χ3n) is 4.28. The average Bonchev–Trinajstić information content (AvgIpc) is 2.60. The summed E-state index contributed by atoms with van der Waals surface area (Å²) in [5.74, 6) is 0.293. The number of allylic oxidation sites excluding steroid dienone is 1. The summed E-state index contributed by atoms with van der Waals surface area (Å²) in [7, 11) is 1.34. The van der Waals surface area contributed by atoms with Gasteiger partial charge in [0.2, 0.25) is 0 Å². The summed E-state index contributed by atoms with van der Waals surface area (Å²) in [6.45, 7) is 5.77. The van der Waals surface area contributed by atoms with Gasteiger partial charge in [0.25, 0.3) is 5.56 Å². The van der Waals surface area contributed by atoms with Crippen LogP contribution in [-0.2, 0) is 9.53 Å². The number of carbonyl (C=O) groups is 1. The maximum absolute atomic E-state index is 12.9. The Bertz CT molecular complexity index is 949. The zero-order valence-electron chi connectivity index (χ0n) is 15.2. The van der Waals surface area contributed by atoms with Crippen molar-refractivity contribution in [3.8, 4) is 0 Å². The van der Waals surface area contributed by atoms with Gasteiger partial charge < -0.3 is 15.0 Å². The molecule has 2 heterocycles. The molecule has 0 saturated carbocycles. The van der Waals surface area contributed by atoms with E-state index in [2.05, 4.69) is 15.3 Å². The molecule has 0 aliphatic carbocycles. The number of carbonyl (C=O) groups excluding carboxylic acids is 1. The number of hydrogen-bond donors (Lipinski definition) is 2. The minimum Gasteiger partial charge on any atom is -0.466 e. The first-order valence-corrected chi connectivity index (χ1v) is 9.34. The molecular formula is C19H21N3O3S. The van der Waals surface area contributed by atoms with E-state index in [1.165, 1.54) is 18.9 Å². The normalized spacial score (nSPS) is 16.1. The van der Waals surface area contributed by atoms with Crippen LogP contribution in [-0.4, -0.2) is 28.8 Å². The first kappa shape index (κ1) is 18.3. The molecule has 26 heavy (non-hydrogen) atoms. The van der Waals surface area contributed by atoms with Gasteiger partial charge in [0, 0.05) is 5.70 Å². The van der Waals surface area contributed by atoms with E-state index in [9.17, 15) is 9.59 Å². The Morgan fingerprint density at radius 1 is 1.35 bits per heavy atom. The number of hydrogen-bond acceptors (Lipinski definition) is 6. The monoisotopic (exact) mass is 371 g/mol. The van der Waals surface area contributed by atoms with Crippen LogP contribution in [0.15, 0.2) is 45.5 Å². The van der Waals surface area contributed by atoms with Gasteiger partial charge in [-0.1, -0.05) is 48.5 Å². The number of ether oxygens (including phenoxy) is 1. The van der Waals surface area contributed by atoms with Crippen molar-refractivity contribution in [1.29, 1.82) is 0 Å². The molecule has 6 nitrogen and oxygen atoms in total. The van der Waals surface area contributed by atoms with Gasteiger partial charge in [-0.15, -0.1) is 0 Å². The van der Waals surface area contributed by atoms with E-state index in [0.717, 1.165) is 16.9 Å². The quantitative estimate of drug-likeness (QED) is 0.488. The van der Waals surface area contributed by atoms with Gasteiger partial charge in [-0.3, -0.25) is 4.79 Å². The molecule has 0 spiro atoms. The summed E-state index contributed by atoms with van der Waals surface area (Å²) in [4.78, 5) is 32.7. The predicted molar refractivity (Wildman–Crippen MR) is 103 cm³/mol. The van der Waals surface area contributed by atoms with E-state index in [4.69, 9.17) is 4.74 Å². The summed E-state index contributed by atoms with van der Waals surface area (Å²) in [6, 6.07) is 7.78. The lowest BCUT2D eigenvalue weighted by Crippen LogP contribution is -2.31. The van der Waals surface area contributed by atoms with Crippen molar-refractivity contribution >= 4 is 23.5 Å². The number of fused-ring (bicyclic) bond motifs is 1. The Hall–Kier alpha value is -2.54. The highest BCUT2D eigenvalue weighted by Gasteiger charge is 2.36. The highest BCUT2D eigenvalue weighted by Crippen LogP contribution is 2.40. The standard InChI is InChI=1S/C19H21N3O3S/c1-5-26-19-21-16-15(17(23)22-19)14(12-8-6-7-10(2)9-12)13(11(3)20-16)18(24)25-4/h6-9,14H,5H2,1-4H3,(H2,20,21,22,23). The van der Waals surface area contributed by atoms with Crippen molar-refractivity contribution in [3.05, 3.63) is 62.6 Å². The maximum atomic E-state index is 12.9. The number of nitrogens with one attached hydrogen (secondary N) is 2. The van der Waals surface area contributed by atoms with Crippen molar-refractivity contribution in [3.63, 3.8) is 0 Å². The van der Waals surface area contributed by atoms with E-state index in [-0.39, 0.29) is 5.56 Å². The molecule has 1 aliphatic heterocycles. The zero-order valence-corrected chi connectivity index (χ0v) is 16.0. The van der Waals surface area contributed by atoms with E-state index in [0.29, 0.717) is 27.8 Å². The number of rotatable bonds is 4. The largest absolute Gasteiger partial charge is 0.466 e. The van der Waals surface area contributed by atoms with E-state index >= 15 is 0 Å². The smallest absolute Gasteiger partial charge is 0.336 e. The van der Waals surface area contributed by atoms with E-state index in [1.807, 2.05) is 38.1 Å². The van der Waals surface area contributed by atoms with E-state index in [1.54, 1.807) is 6.92 Å². The van der Waals surface area contributed by atoms with Gasteiger partial charge in [0.05, 0.1) is 24.2 Å². The van der Waals surface area contributed by atoms with Gasteiger partial charge >= 0.3 is 5.97 Å². The van der Waals surface area contributed by atoms with Crippen LogP contribution in [0, 0.1) is 6.92 Å². The van der Waals surface area contributed by atoms with Crippen LogP contribution in [0.1, 0.15) is 36.5 Å². The number of aromatic amines is 1. The molecule has 0 radical (unpaired) electrons. The number of methoxy groups -OCH3 is 1. The number of H-pyrrole nitrogens is 1. The second kappa shape index (κ2) is 7.37. The number of esters is 1. The molecule has 0 saturated heterocycles. The van der Waals surface area contributed by atoms with Crippen LogP contribution in [0.5, 0.6) is 0 Å². The first-order valence-electron chi connectivity index (χ1n) is 8.36. The third-order valence-corrected chi connectivity index (χ3v) is 5.04. The molecule has 136 valence electrons. The minimum absolute atomic E-state index is 0.251. The summed E-state index contributed by atoms with van der Waals surface area (Å²) in [5.41, 5.74) is 3.15. The molecule has 3 rings (SSSR count). The Morgan fingerprint density at radius 2 is 2.12 bits per heavy atom. The van der Waals surface area contributed by atoms with Gasteiger partial charge in [-0.25, -0.2) is 9.78 Å². The molecule has 1 aromatic heterocycles. The SMILES string of the molecule is CCSc1nc2c(c(=O)[nH]1)C(c1cccc(C)c1)C(C(=O)OC)=C(C)N2. The predicted octanol–water partition coefficient (Wildman–Crippen LogP) is 3.19. The van der Waals surface area contributed by atoms with Crippen molar-refractivity contribution in [2.45, 2.75) is 31.8 Å². The van der Waals surface area contributed by atoms with Gasteiger partial charge in [0.15, 0.2) is 5.16 Å². The Morgan fingerprint density at radius 3 is 2.77 bits per heavy atom. The van der Waals surface area contributed by atoms with Crippen LogP contribution >= 0.6 is 11.8 Å². The lowest BCUT2D eigenvalue weighted by Gasteiger charge is -2.28. The Kier molecular flexibility index (Phi) is 5.18. The van der Waals surface area contributed by atoms with Crippen molar-refractivity contribution < 1.29 is 9.53 Å². The van der Waals surface area contributed by atoms with Crippen molar-refractivity contribution in [2.24, 2.45) is 0 Å². The lowest BCUT2D eigenvalue weighted by molar-refractivity contribution is -0.136. The molecule has 2 aromatic rings. The number of anilines is 1. The number of aryl methyl sites for hydroxylation is 1. The summed E-state index contributed by atoms with van der Waals surface area (Å²) >= 11 is 1.46. The average molecular weight is 371 g/mol. The van der Waals surface area contributed by atoms with Crippen LogP contribution in [0.2, 0.25) is 0 Å². The van der Waals surface area contributed by atoms with Crippen LogP contribution in [0.25, 0.3) is 0 Å². The molecule has 7 heteroatoms. The molecule has 1 aromatic carbocycles. The fourth-order valence-corrected chi connectivity index (χ4v) is 3.79. The van der Waals surface area contributed by atoms with Gasteiger partial charge in [-0.05, 0) is 25.2 Å². The maximum Gasteiger partial charge on any atom is 0.336 e. The molecule has 0 fully saturated rings. The molecule has 0 amide bonds. The lowest BCUT2D eigenvalue weighted by atomic mass is 9.82. The third kappa shape index (κ3) is 3.26. The fraction of sp³-hybridized carbons (Fsp3) is 0.316. The number of aromatic nitrogens is 2. The second-order valence-corrected chi connectivity index (χ2v) is 7.32. The van der Waals surface area contributed by atoms with E-state index < -0.39 is 11.9 Å². The first-order chi connectivity index (χ1) is 12.5. The van der Waals surface area contributed by atoms with Gasteiger partial charge in [0.1, 0.15) is 5.82 Å². The number of benzene rings is 1. The summed E-state index contributed by atoms with van der Waals surface area (Å²) < 4.78 is 4.99. The molecular weight excluding hydrogens is 350 g/mol. The van der Waals surface area contributed by atoms with Crippen LogP contribution < -0.4 is 10.9 Å². The fourth-order valence-electron chi connectivity index (χ4n) is 3.20. The number of thioether (sulfide) groups is 1. The Balaban J connectivity index is 2.27. The summed E-state index contributed by atoms with van der Waals surface area (Å²) in [6.07, 6.45) is 0. The number of nitrogens with zero attached hydrogens (tertiary/aromatic N) is 1. The highest BCUT2D eigenvalue weighted by atomic mass is 32.2. The van der Waals surface area contributed by atoms with Crippen molar-refractivity contribution in [2.75, 3.05) is 18.2 Å². The highest BCUT2D eigenvalue weighted by molar-refractivity contribution is 7.99. The minimum atomic E-state index is -0.532. The molecule has 1 aliphatic rings.